The number of halogens is 1. The normalized spacial score (nSPS) is 20.9. The molecule has 0 spiro atoms. The average Bonchev–Trinajstić information content (AvgIpc) is 3.20. The molecule has 1 aromatic carbocycles. The molecule has 1 N–H and O–H groups in total. The summed E-state index contributed by atoms with van der Waals surface area (Å²) in [4.78, 5) is 20.0. The minimum absolute atomic E-state index is 0.0118. The van der Waals surface area contributed by atoms with Crippen molar-refractivity contribution in [2.75, 3.05) is 5.32 Å². The van der Waals surface area contributed by atoms with Crippen LogP contribution in [0, 0.1) is 5.92 Å². The molecule has 1 fully saturated rings. The Morgan fingerprint density at radius 3 is 2.79 bits per heavy atom. The van der Waals surface area contributed by atoms with Crippen LogP contribution in [0.25, 0.3) is 0 Å². The lowest BCUT2D eigenvalue weighted by molar-refractivity contribution is -0.117. The van der Waals surface area contributed by atoms with Gasteiger partial charge in [0.25, 0.3) is 0 Å². The van der Waals surface area contributed by atoms with Crippen LogP contribution in [-0.4, -0.2) is 15.9 Å². The van der Waals surface area contributed by atoms with Crippen molar-refractivity contribution in [2.45, 2.75) is 12.3 Å². The number of anilines is 1. The molecule has 1 saturated carbocycles. The van der Waals surface area contributed by atoms with E-state index in [1.807, 2.05) is 24.3 Å². The van der Waals surface area contributed by atoms with E-state index in [-0.39, 0.29) is 17.7 Å². The topological polar surface area (TPSA) is 54.9 Å². The van der Waals surface area contributed by atoms with E-state index in [0.717, 1.165) is 12.0 Å². The summed E-state index contributed by atoms with van der Waals surface area (Å²) in [5, 5.41) is 3.43. The summed E-state index contributed by atoms with van der Waals surface area (Å²) in [6.07, 6.45) is 4.05. The number of aromatic nitrogens is 2. The van der Waals surface area contributed by atoms with Crippen LogP contribution in [0.2, 0.25) is 5.02 Å². The van der Waals surface area contributed by atoms with Gasteiger partial charge in [0.05, 0.1) is 0 Å². The van der Waals surface area contributed by atoms with Gasteiger partial charge >= 0.3 is 0 Å². The second-order valence-electron chi connectivity index (χ2n) is 4.57. The third-order valence-electron chi connectivity index (χ3n) is 3.20. The Labute approximate surface area is 115 Å². The molecular formula is C14H12ClN3O. The van der Waals surface area contributed by atoms with E-state index in [4.69, 9.17) is 11.6 Å². The third kappa shape index (κ3) is 2.74. The van der Waals surface area contributed by atoms with Gasteiger partial charge in [0.15, 0.2) is 0 Å². The molecule has 1 amide bonds. The number of rotatable bonds is 3. The fourth-order valence-electron chi connectivity index (χ4n) is 2.16. The van der Waals surface area contributed by atoms with Gasteiger partial charge in [-0.2, -0.15) is 0 Å². The molecule has 2 aromatic rings. The lowest BCUT2D eigenvalue weighted by atomic mass is 10.1. The highest BCUT2D eigenvalue weighted by molar-refractivity contribution is 6.30. The number of amides is 1. The monoisotopic (exact) mass is 273 g/mol. The molecule has 0 saturated heterocycles. The number of carbonyl (C=O) groups is 1. The van der Waals surface area contributed by atoms with Crippen LogP contribution in [0.5, 0.6) is 0 Å². The number of benzene rings is 1. The summed E-state index contributed by atoms with van der Waals surface area (Å²) in [5.41, 5.74) is 1.11. The summed E-state index contributed by atoms with van der Waals surface area (Å²) in [6, 6.07) is 9.37. The van der Waals surface area contributed by atoms with Crippen LogP contribution in [0.3, 0.4) is 0 Å². The SMILES string of the molecule is O=C(Nc1ncccn1)[C@H]1C[C@@H]1c1cccc(Cl)c1. The summed E-state index contributed by atoms with van der Waals surface area (Å²) in [6.45, 7) is 0. The predicted octanol–water partition coefficient (Wildman–Crippen LogP) is 2.87. The molecular weight excluding hydrogens is 262 g/mol. The van der Waals surface area contributed by atoms with Crippen molar-refractivity contribution in [2.24, 2.45) is 5.92 Å². The zero-order valence-electron chi connectivity index (χ0n) is 10.1. The average molecular weight is 274 g/mol. The Hall–Kier alpha value is -1.94. The van der Waals surface area contributed by atoms with Crippen LogP contribution in [0.1, 0.15) is 17.9 Å². The van der Waals surface area contributed by atoms with Crippen LogP contribution in [0.15, 0.2) is 42.7 Å². The van der Waals surface area contributed by atoms with Crippen molar-refractivity contribution >= 4 is 23.5 Å². The minimum atomic E-state index is -0.0313. The fourth-order valence-corrected chi connectivity index (χ4v) is 2.36. The molecule has 96 valence electrons. The molecule has 0 radical (unpaired) electrons. The Kier molecular flexibility index (Phi) is 3.17. The maximum Gasteiger partial charge on any atom is 0.230 e. The van der Waals surface area contributed by atoms with Crippen LogP contribution in [-0.2, 0) is 4.79 Å². The lowest BCUT2D eigenvalue weighted by Gasteiger charge is -2.03. The fraction of sp³-hybridized carbons (Fsp3) is 0.214. The van der Waals surface area contributed by atoms with Gasteiger partial charge < -0.3 is 0 Å². The first-order valence-corrected chi connectivity index (χ1v) is 6.45. The summed E-state index contributed by atoms with van der Waals surface area (Å²) in [7, 11) is 0. The largest absolute Gasteiger partial charge is 0.294 e. The molecule has 4 nitrogen and oxygen atoms in total. The van der Waals surface area contributed by atoms with Crippen molar-refractivity contribution < 1.29 is 4.79 Å². The highest BCUT2D eigenvalue weighted by Crippen LogP contribution is 2.48. The number of nitrogens with zero attached hydrogens (tertiary/aromatic N) is 2. The Bertz CT molecular complexity index is 603. The highest BCUT2D eigenvalue weighted by Gasteiger charge is 2.44. The zero-order chi connectivity index (χ0) is 13.2. The standard InChI is InChI=1S/C14H12ClN3O/c15-10-4-1-3-9(7-10)11-8-12(11)13(19)18-14-16-5-2-6-17-14/h1-7,11-12H,8H2,(H,16,17,18,19)/t11-,12+/m1/s1. The second-order valence-corrected chi connectivity index (χ2v) is 5.00. The Morgan fingerprint density at radius 2 is 2.05 bits per heavy atom. The van der Waals surface area contributed by atoms with E-state index in [1.165, 1.54) is 0 Å². The number of carbonyl (C=O) groups excluding carboxylic acids is 1. The van der Waals surface area contributed by atoms with E-state index in [0.29, 0.717) is 11.0 Å². The van der Waals surface area contributed by atoms with Crippen LogP contribution < -0.4 is 5.32 Å². The van der Waals surface area contributed by atoms with Crippen molar-refractivity contribution in [1.82, 2.24) is 9.97 Å². The molecule has 1 aromatic heterocycles. The molecule has 3 rings (SSSR count). The second kappa shape index (κ2) is 4.97. The molecule has 0 bridgehead atoms. The third-order valence-corrected chi connectivity index (χ3v) is 3.44. The first-order valence-electron chi connectivity index (χ1n) is 6.07. The van der Waals surface area contributed by atoms with Gasteiger partial charge in [-0.3, -0.25) is 10.1 Å². The predicted molar refractivity (Wildman–Crippen MR) is 73.0 cm³/mol. The zero-order valence-corrected chi connectivity index (χ0v) is 10.8. The molecule has 1 aliphatic rings. The van der Waals surface area contributed by atoms with Crippen molar-refractivity contribution in [1.29, 1.82) is 0 Å². The summed E-state index contributed by atoms with van der Waals surface area (Å²) >= 11 is 5.95. The van der Waals surface area contributed by atoms with E-state index in [2.05, 4.69) is 15.3 Å². The maximum atomic E-state index is 12.0. The number of nitrogens with one attached hydrogen (secondary N) is 1. The Morgan fingerprint density at radius 1 is 1.26 bits per heavy atom. The van der Waals surface area contributed by atoms with Gasteiger partial charge in [0.2, 0.25) is 11.9 Å². The summed E-state index contributed by atoms with van der Waals surface area (Å²) < 4.78 is 0. The van der Waals surface area contributed by atoms with Gasteiger partial charge in [0, 0.05) is 23.3 Å². The van der Waals surface area contributed by atoms with E-state index < -0.39 is 0 Å². The maximum absolute atomic E-state index is 12.0. The van der Waals surface area contributed by atoms with Crippen molar-refractivity contribution in [3.8, 4) is 0 Å². The van der Waals surface area contributed by atoms with Gasteiger partial charge in [-0.25, -0.2) is 9.97 Å². The van der Waals surface area contributed by atoms with E-state index >= 15 is 0 Å². The van der Waals surface area contributed by atoms with Gasteiger partial charge in [-0.15, -0.1) is 0 Å². The minimum Gasteiger partial charge on any atom is -0.294 e. The van der Waals surface area contributed by atoms with Crippen LogP contribution in [0.4, 0.5) is 5.95 Å². The smallest absolute Gasteiger partial charge is 0.230 e. The first kappa shape index (κ1) is 12.1. The molecule has 0 unspecified atom stereocenters. The van der Waals surface area contributed by atoms with Gasteiger partial charge in [-0.1, -0.05) is 23.7 Å². The van der Waals surface area contributed by atoms with Gasteiger partial charge in [0.1, 0.15) is 0 Å². The van der Waals surface area contributed by atoms with Crippen molar-refractivity contribution in [3.05, 3.63) is 53.3 Å². The van der Waals surface area contributed by atoms with Gasteiger partial charge in [-0.05, 0) is 36.1 Å². The van der Waals surface area contributed by atoms with E-state index in [1.54, 1.807) is 18.5 Å². The van der Waals surface area contributed by atoms with E-state index in [9.17, 15) is 4.79 Å². The molecule has 1 heterocycles. The number of hydrogen-bond acceptors (Lipinski definition) is 3. The molecule has 2 atom stereocenters. The number of hydrogen-bond donors (Lipinski definition) is 1. The highest BCUT2D eigenvalue weighted by atomic mass is 35.5. The lowest BCUT2D eigenvalue weighted by Crippen LogP contribution is -2.16. The van der Waals surface area contributed by atoms with Crippen LogP contribution >= 0.6 is 11.6 Å². The van der Waals surface area contributed by atoms with Crippen molar-refractivity contribution in [3.63, 3.8) is 0 Å². The molecule has 5 heteroatoms. The molecule has 19 heavy (non-hydrogen) atoms. The molecule has 0 aliphatic heterocycles. The quantitative estimate of drug-likeness (QED) is 0.935. The molecule has 1 aliphatic carbocycles. The first-order chi connectivity index (χ1) is 9.24. The summed E-state index contributed by atoms with van der Waals surface area (Å²) in [5.74, 6) is 0.560. The Balaban J connectivity index is 1.65.